The molecule has 8 nitrogen and oxygen atoms in total. The predicted molar refractivity (Wildman–Crippen MR) is 121 cm³/mol. The molecule has 1 aliphatic rings. The third-order valence-electron chi connectivity index (χ3n) is 4.97. The first-order valence-corrected chi connectivity index (χ1v) is 11.0. The second kappa shape index (κ2) is 10.4. The van der Waals surface area contributed by atoms with Gasteiger partial charge in [-0.2, -0.15) is 5.10 Å². The fourth-order valence-corrected chi connectivity index (χ4v) is 4.06. The van der Waals surface area contributed by atoms with E-state index in [1.165, 1.54) is 26.9 Å². The van der Waals surface area contributed by atoms with E-state index in [0.29, 0.717) is 18.4 Å². The van der Waals surface area contributed by atoms with Crippen LogP contribution in [0.2, 0.25) is 0 Å². The molecule has 0 radical (unpaired) electrons. The highest BCUT2D eigenvalue weighted by molar-refractivity contribution is 7.12. The Morgan fingerprint density at radius 1 is 1.25 bits per heavy atom. The Balaban J connectivity index is 1.39. The number of hydrogen-bond donors (Lipinski definition) is 1. The van der Waals surface area contributed by atoms with Gasteiger partial charge in [0.2, 0.25) is 0 Å². The van der Waals surface area contributed by atoms with Crippen molar-refractivity contribution >= 4 is 17.2 Å². The van der Waals surface area contributed by atoms with E-state index in [2.05, 4.69) is 26.8 Å². The number of rotatable bonds is 6. The SMILES string of the molecule is NC/C(=C\F)Cn1ncn(Cc2ccc(C#Cc3ccc(N4CCOCC4)nc3)s2)c1=O. The van der Waals surface area contributed by atoms with E-state index >= 15 is 0 Å². The number of hydrogen-bond acceptors (Lipinski definition) is 7. The summed E-state index contributed by atoms with van der Waals surface area (Å²) >= 11 is 1.51. The van der Waals surface area contributed by atoms with Crippen molar-refractivity contribution in [2.75, 3.05) is 37.7 Å². The molecule has 32 heavy (non-hydrogen) atoms. The second-order valence-electron chi connectivity index (χ2n) is 7.19. The fourth-order valence-electron chi connectivity index (χ4n) is 3.20. The molecular weight excluding hydrogens is 431 g/mol. The van der Waals surface area contributed by atoms with E-state index in [4.69, 9.17) is 10.5 Å². The van der Waals surface area contributed by atoms with Crippen molar-refractivity contribution in [2.24, 2.45) is 5.73 Å². The van der Waals surface area contributed by atoms with Crippen molar-refractivity contribution in [3.05, 3.63) is 74.5 Å². The highest BCUT2D eigenvalue weighted by Crippen LogP contribution is 2.17. The molecule has 2 N–H and O–H groups in total. The number of aromatic nitrogens is 4. The standard InChI is InChI=1S/C22H23FN6O2S/c23-11-18(12-24)14-29-22(30)28(16-26-29)15-20-5-4-19(32-20)3-1-17-2-6-21(25-13-17)27-7-9-31-10-8-27/h2,4-6,11,13,16H,7-10,12,14-15,24H2/b18-11+. The Kier molecular flexibility index (Phi) is 7.11. The number of nitrogens with two attached hydrogens (primary N) is 1. The van der Waals surface area contributed by atoms with Gasteiger partial charge in [0.15, 0.2) is 0 Å². The molecule has 1 saturated heterocycles. The molecule has 0 aliphatic carbocycles. The molecule has 0 atom stereocenters. The van der Waals surface area contributed by atoms with E-state index in [-0.39, 0.29) is 18.8 Å². The van der Waals surface area contributed by atoms with Crippen molar-refractivity contribution in [1.29, 1.82) is 0 Å². The number of ether oxygens (including phenoxy) is 1. The molecule has 0 unspecified atom stereocenters. The Morgan fingerprint density at radius 3 is 2.81 bits per heavy atom. The van der Waals surface area contributed by atoms with Gasteiger partial charge in [0, 0.05) is 36.3 Å². The maximum absolute atomic E-state index is 12.7. The van der Waals surface area contributed by atoms with Crippen LogP contribution in [0.4, 0.5) is 10.2 Å². The number of nitrogens with zero attached hydrogens (tertiary/aromatic N) is 5. The third-order valence-corrected chi connectivity index (χ3v) is 5.95. The fraction of sp³-hybridized carbons (Fsp3) is 0.318. The Bertz CT molecular complexity index is 1200. The van der Waals surface area contributed by atoms with Crippen LogP contribution in [0.25, 0.3) is 0 Å². The maximum Gasteiger partial charge on any atom is 0.346 e. The molecule has 4 rings (SSSR count). The molecule has 0 saturated carbocycles. The second-order valence-corrected chi connectivity index (χ2v) is 8.36. The Hall–Kier alpha value is -3.26. The lowest BCUT2D eigenvalue weighted by atomic mass is 10.2. The summed E-state index contributed by atoms with van der Waals surface area (Å²) in [6, 6.07) is 7.81. The maximum atomic E-state index is 12.7. The first-order chi connectivity index (χ1) is 15.7. The third kappa shape index (κ3) is 5.31. The van der Waals surface area contributed by atoms with E-state index < -0.39 is 0 Å². The molecule has 0 amide bonds. The zero-order valence-corrected chi connectivity index (χ0v) is 18.2. The summed E-state index contributed by atoms with van der Waals surface area (Å²) in [5.41, 5.74) is 6.27. The topological polar surface area (TPSA) is 91.2 Å². The Morgan fingerprint density at radius 2 is 2.09 bits per heavy atom. The molecule has 4 heterocycles. The Labute approximate surface area is 188 Å². The first-order valence-electron chi connectivity index (χ1n) is 10.2. The number of thiophene rings is 1. The van der Waals surface area contributed by atoms with Gasteiger partial charge in [0.1, 0.15) is 12.1 Å². The molecule has 3 aromatic rings. The molecule has 1 fully saturated rings. The number of morpholine rings is 1. The van der Waals surface area contributed by atoms with Gasteiger partial charge >= 0.3 is 5.69 Å². The lowest BCUT2D eigenvalue weighted by Crippen LogP contribution is -2.36. The van der Waals surface area contributed by atoms with Crippen molar-refractivity contribution in [3.8, 4) is 11.8 Å². The van der Waals surface area contributed by atoms with Crippen LogP contribution in [0.15, 0.2) is 53.5 Å². The molecule has 0 spiro atoms. The van der Waals surface area contributed by atoms with E-state index in [1.54, 1.807) is 6.20 Å². The predicted octanol–water partition coefficient (Wildman–Crippen LogP) is 1.60. The smallest absolute Gasteiger partial charge is 0.346 e. The lowest BCUT2D eigenvalue weighted by Gasteiger charge is -2.27. The summed E-state index contributed by atoms with van der Waals surface area (Å²) in [5.74, 6) is 7.22. The normalized spacial score (nSPS) is 14.3. The van der Waals surface area contributed by atoms with Gasteiger partial charge in [0.25, 0.3) is 0 Å². The largest absolute Gasteiger partial charge is 0.378 e. The highest BCUT2D eigenvalue weighted by Gasteiger charge is 2.12. The minimum absolute atomic E-state index is 0.0359. The van der Waals surface area contributed by atoms with Crippen molar-refractivity contribution in [3.63, 3.8) is 0 Å². The first kappa shape index (κ1) is 22.0. The van der Waals surface area contributed by atoms with Crippen LogP contribution in [0.3, 0.4) is 0 Å². The lowest BCUT2D eigenvalue weighted by molar-refractivity contribution is 0.122. The average Bonchev–Trinajstić information content (AvgIpc) is 3.43. The molecule has 0 aromatic carbocycles. The van der Waals surface area contributed by atoms with Gasteiger partial charge in [-0.25, -0.2) is 18.9 Å². The zero-order chi connectivity index (χ0) is 22.3. The molecule has 0 bridgehead atoms. The zero-order valence-electron chi connectivity index (χ0n) is 17.4. The summed E-state index contributed by atoms with van der Waals surface area (Å²) in [5, 5.41) is 4.03. The molecule has 166 valence electrons. The minimum atomic E-state index is -0.315. The molecule has 10 heteroatoms. The van der Waals surface area contributed by atoms with E-state index in [1.807, 2.05) is 24.3 Å². The molecule has 3 aromatic heterocycles. The van der Waals surface area contributed by atoms with Crippen LogP contribution in [-0.4, -0.2) is 52.2 Å². The number of halogens is 1. The summed E-state index contributed by atoms with van der Waals surface area (Å²) < 4.78 is 20.8. The van der Waals surface area contributed by atoms with Crippen LogP contribution in [-0.2, 0) is 17.8 Å². The average molecular weight is 455 g/mol. The van der Waals surface area contributed by atoms with Crippen molar-refractivity contribution < 1.29 is 9.13 Å². The quantitative estimate of drug-likeness (QED) is 0.569. The summed E-state index contributed by atoms with van der Waals surface area (Å²) in [7, 11) is 0. The van der Waals surface area contributed by atoms with E-state index in [9.17, 15) is 9.18 Å². The summed E-state index contributed by atoms with van der Waals surface area (Å²) in [4.78, 5) is 21.0. The molecular formula is C22H23FN6O2S. The van der Waals surface area contributed by atoms with Gasteiger partial charge in [-0.3, -0.25) is 4.57 Å². The monoisotopic (exact) mass is 454 g/mol. The summed E-state index contributed by atoms with van der Waals surface area (Å²) in [6.45, 7) is 3.59. The van der Waals surface area contributed by atoms with Crippen molar-refractivity contribution in [1.82, 2.24) is 19.3 Å². The van der Waals surface area contributed by atoms with Gasteiger partial charge in [-0.05, 0) is 29.8 Å². The van der Waals surface area contributed by atoms with Crippen LogP contribution < -0.4 is 16.3 Å². The molecule has 1 aliphatic heterocycles. The van der Waals surface area contributed by atoms with Gasteiger partial charge in [0.05, 0.1) is 37.5 Å². The van der Waals surface area contributed by atoms with Crippen LogP contribution >= 0.6 is 11.3 Å². The number of pyridine rings is 1. The van der Waals surface area contributed by atoms with Crippen molar-refractivity contribution in [2.45, 2.75) is 13.1 Å². The number of anilines is 1. The van der Waals surface area contributed by atoms with Gasteiger partial charge in [-0.1, -0.05) is 11.8 Å². The highest BCUT2D eigenvalue weighted by atomic mass is 32.1. The van der Waals surface area contributed by atoms with E-state index in [0.717, 1.165) is 47.4 Å². The van der Waals surface area contributed by atoms with Crippen LogP contribution in [0.5, 0.6) is 0 Å². The van der Waals surface area contributed by atoms with Crippen LogP contribution in [0.1, 0.15) is 15.3 Å². The van der Waals surface area contributed by atoms with Crippen LogP contribution in [0, 0.1) is 11.8 Å². The minimum Gasteiger partial charge on any atom is -0.378 e. The van der Waals surface area contributed by atoms with Gasteiger partial charge < -0.3 is 15.4 Å². The van der Waals surface area contributed by atoms with Gasteiger partial charge in [-0.15, -0.1) is 11.3 Å². The summed E-state index contributed by atoms with van der Waals surface area (Å²) in [6.07, 6.45) is 3.64.